The fourth-order valence-corrected chi connectivity index (χ4v) is 13.1. The summed E-state index contributed by atoms with van der Waals surface area (Å²) in [6, 6.07) is -0.833. The molecule has 0 radical (unpaired) electrons. The molecule has 1 rings (SSSR count). The van der Waals surface area contributed by atoms with Gasteiger partial charge in [0.25, 0.3) is 0 Å². The van der Waals surface area contributed by atoms with Crippen LogP contribution in [-0.4, -0.2) is 100 Å². The molecule has 0 aromatic carbocycles. The lowest BCUT2D eigenvalue weighted by Gasteiger charge is -2.40. The summed E-state index contributed by atoms with van der Waals surface area (Å²) in [5.74, 6) is -0.174. The number of unbranched alkanes of at least 4 members (excludes halogenated alkanes) is 52. The smallest absolute Gasteiger partial charge is 0.305 e. The number of hydrogen-bond acceptors (Lipinski definition) is 10. The average molecular weight is 1350 g/mol. The topological polar surface area (TPSA) is 175 Å². The second-order valence-electron chi connectivity index (χ2n) is 28.8. The zero-order chi connectivity index (χ0) is 69.4. The predicted molar refractivity (Wildman–Crippen MR) is 407 cm³/mol. The van der Waals surface area contributed by atoms with Crippen LogP contribution in [-0.2, 0) is 23.8 Å². The highest BCUT2D eigenvalue weighted by Crippen LogP contribution is 2.24. The molecule has 1 amide bonds. The van der Waals surface area contributed by atoms with Crippen molar-refractivity contribution in [3.8, 4) is 0 Å². The Hall–Kier alpha value is -2.64. The van der Waals surface area contributed by atoms with Crippen molar-refractivity contribution in [2.45, 2.75) is 448 Å². The molecule has 1 heterocycles. The maximum Gasteiger partial charge on any atom is 0.305 e. The maximum atomic E-state index is 13.1. The van der Waals surface area contributed by atoms with Crippen molar-refractivity contribution < 1.29 is 49.3 Å². The van der Waals surface area contributed by atoms with E-state index in [1.165, 1.54) is 308 Å². The molecule has 0 aromatic rings. The fourth-order valence-electron chi connectivity index (χ4n) is 13.1. The molecule has 1 aliphatic heterocycles. The zero-order valence-electron chi connectivity index (χ0n) is 62.8. The Kier molecular flexibility index (Phi) is 70.0. The highest BCUT2D eigenvalue weighted by Gasteiger charge is 2.44. The van der Waals surface area contributed by atoms with E-state index in [0.29, 0.717) is 19.4 Å². The minimum atomic E-state index is -1.58. The number of aliphatic hydroxyl groups excluding tert-OH is 5. The molecular weight excluding hydrogens is 1190 g/mol. The Labute approximate surface area is 592 Å². The maximum absolute atomic E-state index is 13.1. The van der Waals surface area contributed by atoms with Gasteiger partial charge in [-0.25, -0.2) is 0 Å². The van der Waals surface area contributed by atoms with Crippen LogP contribution in [0.25, 0.3) is 0 Å². The molecule has 11 heteroatoms. The summed E-state index contributed by atoms with van der Waals surface area (Å²) in [5, 5.41) is 54.5. The fraction of sp³-hybridized carbons (Fsp3) is 0.859. The lowest BCUT2D eigenvalue weighted by molar-refractivity contribution is -0.302. The van der Waals surface area contributed by atoms with Crippen molar-refractivity contribution in [2.24, 2.45) is 0 Å². The van der Waals surface area contributed by atoms with E-state index in [1.807, 2.05) is 6.08 Å². The lowest BCUT2D eigenvalue weighted by Crippen LogP contribution is -2.60. The number of carbonyl (C=O) groups excluding carboxylic acids is 2. The third-order valence-electron chi connectivity index (χ3n) is 19.6. The number of carbonyl (C=O) groups is 2. The molecule has 0 spiro atoms. The van der Waals surface area contributed by atoms with Gasteiger partial charge in [0, 0.05) is 12.8 Å². The van der Waals surface area contributed by atoms with E-state index in [4.69, 9.17) is 14.2 Å². The molecule has 6 N–H and O–H groups in total. The molecule has 0 bridgehead atoms. The van der Waals surface area contributed by atoms with Crippen molar-refractivity contribution >= 4 is 11.9 Å². The van der Waals surface area contributed by atoms with E-state index in [2.05, 4.69) is 67.8 Å². The minimum absolute atomic E-state index is 0.0188. The summed E-state index contributed by atoms with van der Waals surface area (Å²) in [4.78, 5) is 25.2. The van der Waals surface area contributed by atoms with Crippen molar-refractivity contribution in [1.29, 1.82) is 0 Å². The lowest BCUT2D eigenvalue weighted by atomic mass is 9.99. The van der Waals surface area contributed by atoms with Crippen LogP contribution in [0.15, 0.2) is 60.8 Å². The third kappa shape index (κ3) is 61.2. The molecule has 0 aliphatic carbocycles. The number of aliphatic hydroxyl groups is 5. The largest absolute Gasteiger partial charge is 0.466 e. The number of hydrogen-bond donors (Lipinski definition) is 6. The number of allylic oxidation sites excluding steroid dienone is 9. The summed E-state index contributed by atoms with van der Waals surface area (Å²) >= 11 is 0. The standard InChI is InChI=1S/C85H157NO10/c1-3-5-7-9-11-13-15-17-18-42-46-49-53-57-61-65-69-73-81(90)94-74-70-66-62-58-54-50-47-44-41-39-37-35-33-31-29-27-25-23-21-19-20-22-24-26-28-30-32-34-36-38-40-43-45-48-52-56-60-64-68-72-80(89)86-77(76-95-85-84(93)83(92)82(91)79(75-87)96-85)78(88)71-67-63-59-55-51-16-14-12-10-8-6-4-2/h10,12,19-20,23,25,51,55,67,71,77-79,82-85,87-88,91-93H,3-9,11,13-18,21-22,24,26-50,52-54,56-66,68-70,72-76H2,1-2H3,(H,86,89)/b12-10+,20-19-,25-23-,55-51+,71-67+. The molecule has 562 valence electrons. The number of rotatable bonds is 74. The first-order chi connectivity index (χ1) is 47.2. The van der Waals surface area contributed by atoms with Gasteiger partial charge in [-0.15, -0.1) is 0 Å². The first-order valence-corrected chi connectivity index (χ1v) is 41.6. The number of nitrogens with one attached hydrogen (secondary N) is 1. The van der Waals surface area contributed by atoms with Crippen LogP contribution in [0.5, 0.6) is 0 Å². The normalized spacial score (nSPS) is 17.6. The molecular formula is C85H157NO10. The van der Waals surface area contributed by atoms with E-state index in [1.54, 1.807) is 6.08 Å². The number of esters is 1. The molecule has 1 saturated heterocycles. The summed E-state index contributed by atoms with van der Waals surface area (Å²) in [6.45, 7) is 4.33. The Morgan fingerprint density at radius 3 is 1.12 bits per heavy atom. The number of ether oxygens (including phenoxy) is 3. The summed E-state index contributed by atoms with van der Waals surface area (Å²) < 4.78 is 16.8. The molecule has 0 saturated carbocycles. The molecule has 7 atom stereocenters. The van der Waals surface area contributed by atoms with Crippen LogP contribution in [0.2, 0.25) is 0 Å². The first-order valence-electron chi connectivity index (χ1n) is 41.6. The van der Waals surface area contributed by atoms with E-state index in [0.717, 1.165) is 70.6 Å². The van der Waals surface area contributed by atoms with Gasteiger partial charge in [-0.2, -0.15) is 0 Å². The van der Waals surface area contributed by atoms with Crippen LogP contribution >= 0.6 is 0 Å². The van der Waals surface area contributed by atoms with Gasteiger partial charge in [0.1, 0.15) is 24.4 Å². The van der Waals surface area contributed by atoms with Gasteiger partial charge in [-0.3, -0.25) is 9.59 Å². The van der Waals surface area contributed by atoms with Crippen molar-refractivity contribution in [1.82, 2.24) is 5.32 Å². The van der Waals surface area contributed by atoms with Crippen LogP contribution < -0.4 is 5.32 Å². The van der Waals surface area contributed by atoms with Crippen molar-refractivity contribution in [2.75, 3.05) is 19.8 Å². The predicted octanol–water partition coefficient (Wildman–Crippen LogP) is 22.8. The summed E-state index contributed by atoms with van der Waals surface area (Å²) in [5.41, 5.74) is 0. The Bertz CT molecular complexity index is 1780. The highest BCUT2D eigenvalue weighted by atomic mass is 16.7. The Morgan fingerprint density at radius 1 is 0.385 bits per heavy atom. The molecule has 1 aliphatic rings. The molecule has 96 heavy (non-hydrogen) atoms. The van der Waals surface area contributed by atoms with E-state index in [9.17, 15) is 35.1 Å². The van der Waals surface area contributed by atoms with E-state index < -0.39 is 49.5 Å². The third-order valence-corrected chi connectivity index (χ3v) is 19.6. The second kappa shape index (κ2) is 73.6. The van der Waals surface area contributed by atoms with Crippen molar-refractivity contribution in [3.05, 3.63) is 60.8 Å². The van der Waals surface area contributed by atoms with Gasteiger partial charge < -0.3 is 45.1 Å². The van der Waals surface area contributed by atoms with Gasteiger partial charge in [0.15, 0.2) is 6.29 Å². The molecule has 1 fully saturated rings. The number of amides is 1. The monoisotopic (exact) mass is 1350 g/mol. The van der Waals surface area contributed by atoms with Crippen LogP contribution in [0, 0.1) is 0 Å². The van der Waals surface area contributed by atoms with Gasteiger partial charge in [0.2, 0.25) is 5.91 Å². The van der Waals surface area contributed by atoms with Gasteiger partial charge in [0.05, 0.1) is 32.0 Å². The van der Waals surface area contributed by atoms with Gasteiger partial charge in [-0.05, 0) is 83.5 Å². The quantitative estimate of drug-likeness (QED) is 0.0195. The first kappa shape index (κ1) is 91.4. The van der Waals surface area contributed by atoms with Crippen LogP contribution in [0.4, 0.5) is 0 Å². The Balaban J connectivity index is 1.88. The van der Waals surface area contributed by atoms with E-state index >= 15 is 0 Å². The minimum Gasteiger partial charge on any atom is -0.466 e. The average Bonchev–Trinajstić information content (AvgIpc) is 0.852. The molecule has 0 aromatic heterocycles. The van der Waals surface area contributed by atoms with Crippen LogP contribution in [0.1, 0.15) is 406 Å². The van der Waals surface area contributed by atoms with E-state index in [-0.39, 0.29) is 18.5 Å². The zero-order valence-corrected chi connectivity index (χ0v) is 62.8. The molecule has 11 nitrogen and oxygen atoms in total. The SMILES string of the molecule is CCCC/C=C/CC/C=C/CC/C=C/C(O)C(COC1OC(CO)C(O)C(O)C1O)NC(=O)CCCCCCCCCCCCCCCCCCC/C=C\C/C=C\CCCCCCCCCCCCCCCCCOC(=O)CCCCCCCCCCCCCCCCCCC. The Morgan fingerprint density at radius 2 is 0.719 bits per heavy atom. The highest BCUT2D eigenvalue weighted by molar-refractivity contribution is 5.76. The van der Waals surface area contributed by atoms with Gasteiger partial charge in [-0.1, -0.05) is 370 Å². The van der Waals surface area contributed by atoms with Crippen molar-refractivity contribution in [3.63, 3.8) is 0 Å². The van der Waals surface area contributed by atoms with Gasteiger partial charge >= 0.3 is 5.97 Å². The summed E-state index contributed by atoms with van der Waals surface area (Å²) in [7, 11) is 0. The van der Waals surface area contributed by atoms with Crippen LogP contribution in [0.3, 0.4) is 0 Å². The summed E-state index contributed by atoms with van der Waals surface area (Å²) in [6.07, 6.45) is 89.9. The second-order valence-corrected chi connectivity index (χ2v) is 28.8. The molecule has 7 unspecified atom stereocenters.